The van der Waals surface area contributed by atoms with Crippen LogP contribution in [-0.4, -0.2) is 24.5 Å². The Morgan fingerprint density at radius 2 is 2.00 bits per heavy atom. The molecule has 2 heterocycles. The second kappa shape index (κ2) is 9.27. The molecule has 7 heteroatoms. The molecule has 23 heavy (non-hydrogen) atoms. The second-order valence-electron chi connectivity index (χ2n) is 5.29. The van der Waals surface area contributed by atoms with Crippen molar-refractivity contribution in [2.24, 2.45) is 4.99 Å². The molecular formula is C16H25IN4OS. The van der Waals surface area contributed by atoms with Crippen molar-refractivity contribution in [3.63, 3.8) is 0 Å². The highest BCUT2D eigenvalue weighted by Gasteiger charge is 2.06. The van der Waals surface area contributed by atoms with Crippen molar-refractivity contribution >= 4 is 41.3 Å². The van der Waals surface area contributed by atoms with Gasteiger partial charge in [0.2, 0.25) is 0 Å². The van der Waals surface area contributed by atoms with Gasteiger partial charge in [0.25, 0.3) is 0 Å². The summed E-state index contributed by atoms with van der Waals surface area (Å²) in [6.45, 7) is 9.63. The molecule has 0 amide bonds. The Kier molecular flexibility index (Phi) is 8.04. The minimum absolute atomic E-state index is 0. The van der Waals surface area contributed by atoms with Crippen LogP contribution in [0.1, 0.15) is 32.7 Å². The summed E-state index contributed by atoms with van der Waals surface area (Å²) in [5.41, 5.74) is 2.29. The number of hydrogen-bond donors (Lipinski definition) is 2. The van der Waals surface area contributed by atoms with Gasteiger partial charge in [-0.25, -0.2) is 4.98 Å². The fourth-order valence-corrected chi connectivity index (χ4v) is 3.13. The van der Waals surface area contributed by atoms with Crippen LogP contribution >= 0.6 is 35.3 Å². The maximum absolute atomic E-state index is 5.53. The van der Waals surface area contributed by atoms with Crippen LogP contribution in [0.4, 0.5) is 0 Å². The molecule has 0 unspecified atom stereocenters. The first-order chi connectivity index (χ1) is 10.5. The van der Waals surface area contributed by atoms with Crippen LogP contribution in [0.15, 0.2) is 15.5 Å². The van der Waals surface area contributed by atoms with E-state index in [1.807, 2.05) is 13.8 Å². The smallest absolute Gasteiger partial charge is 0.191 e. The number of thiazole rings is 1. The van der Waals surface area contributed by atoms with Gasteiger partial charge >= 0.3 is 0 Å². The van der Waals surface area contributed by atoms with Crippen molar-refractivity contribution < 1.29 is 4.42 Å². The van der Waals surface area contributed by atoms with Crippen molar-refractivity contribution in [3.8, 4) is 0 Å². The number of rotatable bonds is 5. The molecule has 0 atom stereocenters. The Morgan fingerprint density at radius 1 is 1.26 bits per heavy atom. The van der Waals surface area contributed by atoms with Crippen LogP contribution < -0.4 is 10.6 Å². The molecule has 5 nitrogen and oxygen atoms in total. The SMILES string of the molecule is CN=C(NCCc1nc(C)c(C)s1)NCc1cc(C)oc1C.I. The summed E-state index contributed by atoms with van der Waals surface area (Å²) in [7, 11) is 1.78. The molecule has 2 aromatic heterocycles. The summed E-state index contributed by atoms with van der Waals surface area (Å²) >= 11 is 1.76. The Morgan fingerprint density at radius 3 is 2.52 bits per heavy atom. The minimum atomic E-state index is 0. The molecule has 0 aliphatic carbocycles. The second-order valence-corrected chi connectivity index (χ2v) is 6.58. The molecule has 0 saturated carbocycles. The zero-order chi connectivity index (χ0) is 16.1. The van der Waals surface area contributed by atoms with Gasteiger partial charge in [-0.2, -0.15) is 0 Å². The van der Waals surface area contributed by atoms with E-state index in [0.29, 0.717) is 6.54 Å². The summed E-state index contributed by atoms with van der Waals surface area (Å²) in [6.07, 6.45) is 0.907. The number of aryl methyl sites for hydroxylation is 4. The maximum atomic E-state index is 5.53. The van der Waals surface area contributed by atoms with E-state index in [1.54, 1.807) is 18.4 Å². The van der Waals surface area contributed by atoms with Crippen LogP contribution in [0, 0.1) is 27.7 Å². The van der Waals surface area contributed by atoms with E-state index in [2.05, 4.69) is 40.5 Å². The maximum Gasteiger partial charge on any atom is 0.191 e. The lowest BCUT2D eigenvalue weighted by Crippen LogP contribution is -2.37. The Balaban J connectivity index is 0.00000264. The Labute approximate surface area is 159 Å². The predicted octanol–water partition coefficient (Wildman–Crippen LogP) is 3.50. The number of hydrogen-bond acceptors (Lipinski definition) is 4. The highest BCUT2D eigenvalue weighted by Crippen LogP contribution is 2.16. The first kappa shape index (κ1) is 20.0. The Hall–Kier alpha value is -1.09. The molecule has 0 radical (unpaired) electrons. The summed E-state index contributed by atoms with van der Waals surface area (Å²) in [5, 5.41) is 7.79. The van der Waals surface area contributed by atoms with Crippen molar-refractivity contribution in [2.75, 3.05) is 13.6 Å². The largest absolute Gasteiger partial charge is 0.466 e. The Bertz CT molecular complexity index is 644. The van der Waals surface area contributed by atoms with Crippen molar-refractivity contribution in [2.45, 2.75) is 40.7 Å². The third-order valence-corrected chi connectivity index (χ3v) is 4.65. The number of aromatic nitrogens is 1. The standard InChI is InChI=1S/C16H24N4OS.HI/c1-10-8-14(12(3)21-10)9-19-16(17-5)18-7-6-15-20-11(2)13(4)22-15;/h8H,6-7,9H2,1-5H3,(H2,17,18,19);1H. The molecule has 0 aliphatic heterocycles. The lowest BCUT2D eigenvalue weighted by molar-refractivity contribution is 0.500. The average molecular weight is 448 g/mol. The fourth-order valence-electron chi connectivity index (χ4n) is 2.19. The highest BCUT2D eigenvalue weighted by molar-refractivity contribution is 14.0. The monoisotopic (exact) mass is 448 g/mol. The van der Waals surface area contributed by atoms with E-state index in [9.17, 15) is 0 Å². The van der Waals surface area contributed by atoms with Crippen molar-refractivity contribution in [3.05, 3.63) is 38.7 Å². The molecule has 0 spiro atoms. The molecule has 128 valence electrons. The van der Waals surface area contributed by atoms with Crippen LogP contribution in [0.5, 0.6) is 0 Å². The van der Waals surface area contributed by atoms with Crippen LogP contribution in [0.3, 0.4) is 0 Å². The van der Waals surface area contributed by atoms with Crippen molar-refractivity contribution in [1.82, 2.24) is 15.6 Å². The van der Waals surface area contributed by atoms with E-state index in [-0.39, 0.29) is 24.0 Å². The van der Waals surface area contributed by atoms with Crippen LogP contribution in [-0.2, 0) is 13.0 Å². The zero-order valence-corrected chi connectivity index (χ0v) is 17.5. The number of nitrogens with one attached hydrogen (secondary N) is 2. The van der Waals surface area contributed by atoms with Gasteiger partial charge in [0.05, 0.1) is 10.7 Å². The van der Waals surface area contributed by atoms with Gasteiger partial charge in [0.15, 0.2) is 5.96 Å². The first-order valence-corrected chi connectivity index (χ1v) is 8.24. The minimum Gasteiger partial charge on any atom is -0.466 e. The van der Waals surface area contributed by atoms with Gasteiger partial charge in [-0.15, -0.1) is 35.3 Å². The molecule has 2 N–H and O–H groups in total. The topological polar surface area (TPSA) is 62.5 Å². The van der Waals surface area contributed by atoms with E-state index in [1.165, 1.54) is 9.88 Å². The van der Waals surface area contributed by atoms with Crippen molar-refractivity contribution in [1.29, 1.82) is 0 Å². The molecule has 2 aromatic rings. The number of nitrogens with zero attached hydrogens (tertiary/aromatic N) is 2. The summed E-state index contributed by atoms with van der Waals surface area (Å²) in [6, 6.07) is 2.05. The predicted molar refractivity (Wildman–Crippen MR) is 107 cm³/mol. The van der Waals surface area contributed by atoms with E-state index in [0.717, 1.165) is 41.7 Å². The van der Waals surface area contributed by atoms with E-state index >= 15 is 0 Å². The summed E-state index contributed by atoms with van der Waals surface area (Å²) < 4.78 is 5.53. The van der Waals surface area contributed by atoms with E-state index < -0.39 is 0 Å². The number of guanidine groups is 1. The zero-order valence-electron chi connectivity index (χ0n) is 14.3. The summed E-state index contributed by atoms with van der Waals surface area (Å²) in [4.78, 5) is 10.1. The molecule has 0 saturated heterocycles. The number of aliphatic imine (C=N–C) groups is 1. The molecule has 2 rings (SSSR count). The first-order valence-electron chi connectivity index (χ1n) is 7.43. The number of furan rings is 1. The van der Waals surface area contributed by atoms with Gasteiger partial charge in [0, 0.05) is 37.0 Å². The molecular weight excluding hydrogens is 423 g/mol. The molecule has 0 bridgehead atoms. The normalized spacial score (nSPS) is 11.3. The lowest BCUT2D eigenvalue weighted by atomic mass is 10.2. The van der Waals surface area contributed by atoms with Gasteiger partial charge in [-0.1, -0.05) is 0 Å². The van der Waals surface area contributed by atoms with Gasteiger partial charge < -0.3 is 15.1 Å². The third kappa shape index (κ3) is 5.80. The average Bonchev–Trinajstić information content (AvgIpc) is 2.96. The van der Waals surface area contributed by atoms with Crippen LogP contribution in [0.2, 0.25) is 0 Å². The van der Waals surface area contributed by atoms with E-state index in [4.69, 9.17) is 4.42 Å². The quantitative estimate of drug-likeness (QED) is 0.418. The van der Waals surface area contributed by atoms with Gasteiger partial charge in [-0.3, -0.25) is 4.99 Å². The molecule has 0 aliphatic rings. The molecule has 0 fully saturated rings. The van der Waals surface area contributed by atoms with Gasteiger partial charge in [-0.05, 0) is 33.8 Å². The fraction of sp³-hybridized carbons (Fsp3) is 0.500. The lowest BCUT2D eigenvalue weighted by Gasteiger charge is -2.10. The number of halogens is 1. The van der Waals surface area contributed by atoms with Crippen LogP contribution in [0.25, 0.3) is 0 Å². The van der Waals surface area contributed by atoms with Gasteiger partial charge in [0.1, 0.15) is 11.5 Å². The summed E-state index contributed by atoms with van der Waals surface area (Å²) in [5.74, 6) is 2.68. The molecule has 0 aromatic carbocycles. The highest BCUT2D eigenvalue weighted by atomic mass is 127. The third-order valence-electron chi connectivity index (χ3n) is 3.52.